The number of para-hydroxylation sites is 2. The highest BCUT2D eigenvalue weighted by Gasteiger charge is 2.15. The summed E-state index contributed by atoms with van der Waals surface area (Å²) in [6.07, 6.45) is 0. The zero-order chi connectivity index (χ0) is 21.4. The molecule has 1 radical (unpaired) electrons. The second-order valence-corrected chi connectivity index (χ2v) is 7.58. The number of ether oxygens (including phenoxy) is 1. The van der Waals surface area contributed by atoms with Crippen molar-refractivity contribution in [2.45, 2.75) is 13.8 Å². The quantitative estimate of drug-likeness (QED) is 0.359. The van der Waals surface area contributed by atoms with Crippen LogP contribution < -0.4 is 9.39 Å². The largest absolute Gasteiger partial charge is 0.569 e. The second-order valence-electron chi connectivity index (χ2n) is 7.58. The van der Waals surface area contributed by atoms with Gasteiger partial charge in [-0.15, -0.1) is 0 Å². The molecule has 4 aromatic carbocycles. The van der Waals surface area contributed by atoms with Gasteiger partial charge in [0.25, 0.3) is 0 Å². The van der Waals surface area contributed by atoms with E-state index in [2.05, 4.69) is 54.8 Å². The van der Waals surface area contributed by atoms with E-state index >= 15 is 0 Å². The fraction of sp³-hybridized carbons (Fsp3) is 0.0769. The van der Waals surface area contributed by atoms with Crippen molar-refractivity contribution < 1.29 is 14.4 Å². The molecule has 1 heterocycles. The smallest absolute Gasteiger partial charge is 0.537 e. The molecule has 0 spiro atoms. The highest BCUT2D eigenvalue weighted by atomic mass is 16.5. The normalized spacial score (nSPS) is 11.1. The topological polar surface area (TPSA) is 43.6 Å². The van der Waals surface area contributed by atoms with E-state index in [1.807, 2.05) is 48.5 Å². The summed E-state index contributed by atoms with van der Waals surface area (Å²) in [6, 6.07) is 28.3. The second kappa shape index (κ2) is 7.86. The number of hydrogen-bond acceptors (Lipinski definition) is 3. The highest BCUT2D eigenvalue weighted by molar-refractivity contribution is 6.17. The fourth-order valence-electron chi connectivity index (χ4n) is 4.11. The number of hydrogen-bond donors (Lipinski definition) is 1. The molecule has 0 fully saturated rings. The minimum Gasteiger partial charge on any atom is -0.537 e. The van der Waals surface area contributed by atoms with Gasteiger partial charge in [-0.25, -0.2) is 0 Å². The Labute approximate surface area is 181 Å². The van der Waals surface area contributed by atoms with Crippen LogP contribution in [0.4, 0.5) is 0 Å². The number of aromatic nitrogens is 1. The molecular weight excluding hydrogens is 385 g/mol. The van der Waals surface area contributed by atoms with Crippen LogP contribution in [-0.4, -0.2) is 17.3 Å². The van der Waals surface area contributed by atoms with Gasteiger partial charge in [0.15, 0.2) is 0 Å². The molecule has 0 saturated carbocycles. The van der Waals surface area contributed by atoms with Gasteiger partial charge in [0.1, 0.15) is 17.2 Å². The number of aryl methyl sites for hydroxylation is 2. The van der Waals surface area contributed by atoms with E-state index in [9.17, 15) is 0 Å². The maximum atomic E-state index is 9.08. The lowest BCUT2D eigenvalue weighted by molar-refractivity contribution is 0.454. The third-order valence-corrected chi connectivity index (χ3v) is 5.54. The lowest BCUT2D eigenvalue weighted by Gasteiger charge is -2.12. The highest BCUT2D eigenvalue weighted by Crippen LogP contribution is 2.37. The molecule has 5 rings (SSSR count). The van der Waals surface area contributed by atoms with Gasteiger partial charge in [-0.1, -0.05) is 36.4 Å². The number of nitrogens with zero attached hydrogens (tertiary/aromatic N) is 1. The molecule has 0 aliphatic heterocycles. The van der Waals surface area contributed by atoms with Crippen molar-refractivity contribution in [3.63, 3.8) is 0 Å². The average molecular weight is 406 g/mol. The van der Waals surface area contributed by atoms with Crippen LogP contribution in [0.15, 0.2) is 84.9 Å². The summed E-state index contributed by atoms with van der Waals surface area (Å²) < 4.78 is 13.8. The molecule has 4 nitrogen and oxygen atoms in total. The molecule has 5 heteroatoms. The third kappa shape index (κ3) is 3.43. The molecule has 5 aromatic rings. The summed E-state index contributed by atoms with van der Waals surface area (Å²) in [5.74, 6) is 2.23. The van der Waals surface area contributed by atoms with Gasteiger partial charge in [-0.3, -0.25) is 0 Å². The molecular formula is C26H21BNO3. The molecule has 0 atom stereocenters. The first-order valence-corrected chi connectivity index (χ1v) is 10.2. The Bertz CT molecular complexity index is 1370. The van der Waals surface area contributed by atoms with Gasteiger partial charge >= 0.3 is 7.69 Å². The van der Waals surface area contributed by atoms with E-state index in [0.717, 1.165) is 50.1 Å². The lowest BCUT2D eigenvalue weighted by Crippen LogP contribution is -1.99. The summed E-state index contributed by atoms with van der Waals surface area (Å²) in [5.41, 5.74) is 5.39. The van der Waals surface area contributed by atoms with Crippen molar-refractivity contribution in [2.75, 3.05) is 0 Å². The Morgan fingerprint density at radius 3 is 1.97 bits per heavy atom. The molecule has 0 unspecified atom stereocenters. The minimum absolute atomic E-state index is 0.572. The van der Waals surface area contributed by atoms with Crippen LogP contribution in [-0.2, 0) is 0 Å². The molecule has 31 heavy (non-hydrogen) atoms. The molecule has 0 aliphatic carbocycles. The first-order chi connectivity index (χ1) is 15.2. The monoisotopic (exact) mass is 406 g/mol. The molecule has 0 amide bonds. The first-order valence-electron chi connectivity index (χ1n) is 10.2. The van der Waals surface area contributed by atoms with E-state index < -0.39 is 0 Å². The Morgan fingerprint density at radius 2 is 1.32 bits per heavy atom. The first kappa shape index (κ1) is 19.3. The fourth-order valence-corrected chi connectivity index (χ4v) is 4.11. The van der Waals surface area contributed by atoms with Crippen molar-refractivity contribution in [3.8, 4) is 22.9 Å². The van der Waals surface area contributed by atoms with Crippen molar-refractivity contribution in [3.05, 3.63) is 96.1 Å². The van der Waals surface area contributed by atoms with E-state index in [1.165, 1.54) is 0 Å². The van der Waals surface area contributed by atoms with Crippen LogP contribution in [0, 0.1) is 13.8 Å². The van der Waals surface area contributed by atoms with Crippen LogP contribution in [0.5, 0.6) is 17.2 Å². The predicted octanol–water partition coefficient (Wildman–Crippen LogP) is 6.10. The lowest BCUT2D eigenvalue weighted by atomic mass is 10.1. The summed E-state index contributed by atoms with van der Waals surface area (Å²) in [4.78, 5) is 0. The van der Waals surface area contributed by atoms with E-state index in [0.29, 0.717) is 13.4 Å². The summed E-state index contributed by atoms with van der Waals surface area (Å²) in [6.45, 7) is 4.11. The van der Waals surface area contributed by atoms with Crippen molar-refractivity contribution in [1.82, 2.24) is 4.57 Å². The van der Waals surface area contributed by atoms with Crippen LogP contribution in [0.3, 0.4) is 0 Å². The Morgan fingerprint density at radius 1 is 0.710 bits per heavy atom. The van der Waals surface area contributed by atoms with Gasteiger partial charge in [-0.2, -0.15) is 0 Å². The zero-order valence-corrected chi connectivity index (χ0v) is 17.4. The molecule has 0 saturated heterocycles. The number of benzene rings is 4. The SMILES string of the molecule is Cc1cccc(C)c1Oc1ccc2c(c1)c1cc(O[B]O)ccc1n2-c1ccccc1. The summed E-state index contributed by atoms with van der Waals surface area (Å²) in [5, 5.41) is 11.1. The van der Waals surface area contributed by atoms with Crippen LogP contribution in [0.25, 0.3) is 27.5 Å². The minimum atomic E-state index is 0.572. The Kier molecular flexibility index (Phi) is 4.89. The molecule has 151 valence electrons. The average Bonchev–Trinajstić information content (AvgIpc) is 3.10. The molecule has 0 bridgehead atoms. The summed E-state index contributed by atoms with van der Waals surface area (Å²) in [7, 11) is 0.701. The zero-order valence-electron chi connectivity index (χ0n) is 17.4. The number of rotatable bonds is 5. The van der Waals surface area contributed by atoms with Crippen molar-refractivity contribution in [1.29, 1.82) is 0 Å². The van der Waals surface area contributed by atoms with Gasteiger partial charge in [0.05, 0.1) is 11.0 Å². The van der Waals surface area contributed by atoms with E-state index in [4.69, 9.17) is 14.4 Å². The van der Waals surface area contributed by atoms with Crippen molar-refractivity contribution in [2.24, 2.45) is 0 Å². The maximum absolute atomic E-state index is 9.08. The van der Waals surface area contributed by atoms with E-state index in [1.54, 1.807) is 0 Å². The summed E-state index contributed by atoms with van der Waals surface area (Å²) >= 11 is 0. The van der Waals surface area contributed by atoms with Gasteiger partial charge < -0.3 is 19.0 Å². The molecule has 1 N–H and O–H groups in total. The van der Waals surface area contributed by atoms with Gasteiger partial charge in [-0.05, 0) is 73.5 Å². The third-order valence-electron chi connectivity index (χ3n) is 5.54. The van der Waals surface area contributed by atoms with Crippen LogP contribution >= 0.6 is 0 Å². The van der Waals surface area contributed by atoms with Gasteiger partial charge in [0.2, 0.25) is 0 Å². The van der Waals surface area contributed by atoms with Crippen LogP contribution in [0.2, 0.25) is 0 Å². The van der Waals surface area contributed by atoms with Gasteiger partial charge in [0, 0.05) is 16.5 Å². The van der Waals surface area contributed by atoms with E-state index in [-0.39, 0.29) is 0 Å². The molecule has 1 aromatic heterocycles. The Balaban J connectivity index is 1.73. The predicted molar refractivity (Wildman–Crippen MR) is 125 cm³/mol. The maximum Gasteiger partial charge on any atom is 0.569 e. The van der Waals surface area contributed by atoms with Crippen molar-refractivity contribution >= 4 is 29.5 Å². The number of fused-ring (bicyclic) bond motifs is 3. The molecule has 0 aliphatic rings. The standard InChI is InChI=1S/C26H21BNO3/c1-17-7-6-8-18(2)26(17)30-20-11-13-24-22(15-20)23-16-21(31-27-29)12-14-25(23)28(24)19-9-4-3-5-10-19/h3-16,29H,1-2H3. The van der Waals surface area contributed by atoms with Crippen LogP contribution in [0.1, 0.15) is 11.1 Å². The Hall–Kier alpha value is -3.70.